The first-order valence-electron chi connectivity index (χ1n) is 6.27. The molecule has 0 radical (unpaired) electrons. The maximum absolute atomic E-state index is 12.1. The first kappa shape index (κ1) is 14.0. The molecule has 2 rings (SSSR count). The number of amides is 2. The van der Waals surface area contributed by atoms with Gasteiger partial charge in [-0.05, 0) is 12.1 Å². The van der Waals surface area contributed by atoms with Crippen LogP contribution < -0.4 is 10.2 Å². The number of methoxy groups -OCH3 is 1. The molecule has 2 amide bonds. The van der Waals surface area contributed by atoms with Crippen molar-refractivity contribution in [3.05, 3.63) is 29.8 Å². The lowest BCUT2D eigenvalue weighted by Crippen LogP contribution is -2.29. The van der Waals surface area contributed by atoms with E-state index in [0.29, 0.717) is 11.3 Å². The van der Waals surface area contributed by atoms with Gasteiger partial charge in [-0.25, -0.2) is 0 Å². The molecule has 1 heterocycles. The van der Waals surface area contributed by atoms with Crippen molar-refractivity contribution in [2.75, 3.05) is 25.6 Å². The summed E-state index contributed by atoms with van der Waals surface area (Å²) in [6.07, 6.45) is 0.106. The average molecular weight is 276 g/mol. The van der Waals surface area contributed by atoms with Gasteiger partial charge in [-0.2, -0.15) is 0 Å². The lowest BCUT2D eigenvalue weighted by atomic mass is 10.1. The van der Waals surface area contributed by atoms with Crippen LogP contribution in [0.3, 0.4) is 0 Å². The predicted molar refractivity (Wildman–Crippen MR) is 72.3 cm³/mol. The number of rotatable bonds is 3. The molecule has 1 fully saturated rings. The number of anilines is 1. The third kappa shape index (κ3) is 2.49. The van der Waals surface area contributed by atoms with Crippen molar-refractivity contribution in [1.82, 2.24) is 5.32 Å². The highest BCUT2D eigenvalue weighted by Gasteiger charge is 2.37. The molecule has 6 heteroatoms. The van der Waals surface area contributed by atoms with E-state index in [0.717, 1.165) is 0 Å². The number of nitrogens with one attached hydrogen (secondary N) is 1. The Bertz CT molecular complexity index is 556. The van der Waals surface area contributed by atoms with Crippen LogP contribution in [-0.4, -0.2) is 38.5 Å². The molecular weight excluding hydrogens is 260 g/mol. The SMILES string of the molecule is CNC(=O)c1ccccc1N1CC(C(=O)OC)CC1=O. The minimum atomic E-state index is -0.481. The van der Waals surface area contributed by atoms with Crippen LogP contribution >= 0.6 is 0 Å². The highest BCUT2D eigenvalue weighted by atomic mass is 16.5. The van der Waals surface area contributed by atoms with Crippen LogP contribution in [0.15, 0.2) is 24.3 Å². The Labute approximate surface area is 116 Å². The second-order valence-electron chi connectivity index (χ2n) is 4.52. The third-order valence-electron chi connectivity index (χ3n) is 3.33. The molecule has 0 aliphatic carbocycles. The van der Waals surface area contributed by atoms with Crippen molar-refractivity contribution in [2.24, 2.45) is 5.92 Å². The zero-order valence-electron chi connectivity index (χ0n) is 11.4. The number of para-hydroxylation sites is 1. The number of hydrogen-bond donors (Lipinski definition) is 1. The van der Waals surface area contributed by atoms with E-state index in [1.165, 1.54) is 19.1 Å². The van der Waals surface area contributed by atoms with E-state index in [-0.39, 0.29) is 24.8 Å². The summed E-state index contributed by atoms with van der Waals surface area (Å²) >= 11 is 0. The van der Waals surface area contributed by atoms with Crippen molar-refractivity contribution in [2.45, 2.75) is 6.42 Å². The van der Waals surface area contributed by atoms with Crippen LogP contribution in [0.25, 0.3) is 0 Å². The monoisotopic (exact) mass is 276 g/mol. The van der Waals surface area contributed by atoms with Gasteiger partial charge in [-0.15, -0.1) is 0 Å². The van der Waals surface area contributed by atoms with Gasteiger partial charge in [-0.1, -0.05) is 12.1 Å². The smallest absolute Gasteiger partial charge is 0.311 e. The Morgan fingerprint density at radius 3 is 2.70 bits per heavy atom. The maximum atomic E-state index is 12.1. The van der Waals surface area contributed by atoms with Gasteiger partial charge < -0.3 is 15.0 Å². The Kier molecular flexibility index (Phi) is 4.02. The highest BCUT2D eigenvalue weighted by Crippen LogP contribution is 2.28. The van der Waals surface area contributed by atoms with E-state index in [1.807, 2.05) is 0 Å². The van der Waals surface area contributed by atoms with Gasteiger partial charge in [0.1, 0.15) is 0 Å². The molecule has 0 spiro atoms. The number of carbonyl (C=O) groups excluding carboxylic acids is 3. The van der Waals surface area contributed by atoms with E-state index in [4.69, 9.17) is 0 Å². The summed E-state index contributed by atoms with van der Waals surface area (Å²) in [5.41, 5.74) is 0.928. The van der Waals surface area contributed by atoms with E-state index in [9.17, 15) is 14.4 Å². The van der Waals surface area contributed by atoms with Crippen molar-refractivity contribution >= 4 is 23.5 Å². The van der Waals surface area contributed by atoms with E-state index in [1.54, 1.807) is 24.3 Å². The van der Waals surface area contributed by atoms with Crippen LogP contribution in [-0.2, 0) is 14.3 Å². The Balaban J connectivity index is 2.31. The van der Waals surface area contributed by atoms with Gasteiger partial charge in [-0.3, -0.25) is 14.4 Å². The summed E-state index contributed by atoms with van der Waals surface area (Å²) in [4.78, 5) is 36.9. The van der Waals surface area contributed by atoms with Crippen LogP contribution in [0, 0.1) is 5.92 Å². The fraction of sp³-hybridized carbons (Fsp3) is 0.357. The number of hydrogen-bond acceptors (Lipinski definition) is 4. The number of benzene rings is 1. The molecule has 20 heavy (non-hydrogen) atoms. The summed E-state index contributed by atoms with van der Waals surface area (Å²) < 4.78 is 4.67. The van der Waals surface area contributed by atoms with Crippen LogP contribution in [0.4, 0.5) is 5.69 Å². The largest absolute Gasteiger partial charge is 0.469 e. The van der Waals surface area contributed by atoms with Gasteiger partial charge in [0, 0.05) is 20.0 Å². The minimum absolute atomic E-state index is 0.106. The van der Waals surface area contributed by atoms with E-state index >= 15 is 0 Å². The Hall–Kier alpha value is -2.37. The van der Waals surface area contributed by atoms with Gasteiger partial charge in [0.2, 0.25) is 5.91 Å². The number of nitrogens with zero attached hydrogens (tertiary/aromatic N) is 1. The maximum Gasteiger partial charge on any atom is 0.311 e. The summed E-state index contributed by atoms with van der Waals surface area (Å²) in [7, 11) is 2.83. The van der Waals surface area contributed by atoms with Crippen LogP contribution in [0.5, 0.6) is 0 Å². The van der Waals surface area contributed by atoms with Crippen molar-refractivity contribution in [3.8, 4) is 0 Å². The molecule has 0 saturated carbocycles. The highest BCUT2D eigenvalue weighted by molar-refractivity contribution is 6.06. The molecule has 1 N–H and O–H groups in total. The molecule has 106 valence electrons. The molecule has 1 aromatic rings. The lowest BCUT2D eigenvalue weighted by Gasteiger charge is -2.19. The number of ether oxygens (including phenoxy) is 1. The lowest BCUT2D eigenvalue weighted by molar-refractivity contribution is -0.145. The minimum Gasteiger partial charge on any atom is -0.469 e. The van der Waals surface area contributed by atoms with Crippen molar-refractivity contribution in [3.63, 3.8) is 0 Å². The Morgan fingerprint density at radius 1 is 1.35 bits per heavy atom. The molecule has 0 aromatic heterocycles. The number of carbonyl (C=O) groups is 3. The standard InChI is InChI=1S/C14H16N2O4/c1-15-13(18)10-5-3-4-6-11(10)16-8-9(7-12(16)17)14(19)20-2/h3-6,9H,7-8H2,1-2H3,(H,15,18). The quantitative estimate of drug-likeness (QED) is 0.819. The topological polar surface area (TPSA) is 75.7 Å². The number of esters is 1. The summed E-state index contributed by atoms with van der Waals surface area (Å²) in [5, 5.41) is 2.54. The zero-order chi connectivity index (χ0) is 14.7. The fourth-order valence-electron chi connectivity index (χ4n) is 2.30. The zero-order valence-corrected chi connectivity index (χ0v) is 11.4. The summed E-state index contributed by atoms with van der Waals surface area (Å²) in [6.45, 7) is 0.236. The van der Waals surface area contributed by atoms with Crippen LogP contribution in [0.2, 0.25) is 0 Å². The first-order valence-corrected chi connectivity index (χ1v) is 6.27. The average Bonchev–Trinajstić information content (AvgIpc) is 2.87. The fourth-order valence-corrected chi connectivity index (χ4v) is 2.30. The normalized spacial score (nSPS) is 18.0. The van der Waals surface area contributed by atoms with Crippen molar-refractivity contribution in [1.29, 1.82) is 0 Å². The predicted octanol–water partition coefficient (Wildman–Crippen LogP) is 0.572. The van der Waals surface area contributed by atoms with Crippen LogP contribution in [0.1, 0.15) is 16.8 Å². The molecular formula is C14H16N2O4. The molecule has 6 nitrogen and oxygen atoms in total. The summed E-state index contributed by atoms with van der Waals surface area (Å²) in [6, 6.07) is 6.82. The van der Waals surface area contributed by atoms with E-state index < -0.39 is 11.9 Å². The van der Waals surface area contributed by atoms with Gasteiger partial charge in [0.25, 0.3) is 5.91 Å². The van der Waals surface area contributed by atoms with Gasteiger partial charge >= 0.3 is 5.97 Å². The van der Waals surface area contributed by atoms with Gasteiger partial charge in [0.15, 0.2) is 0 Å². The molecule has 1 aliphatic rings. The second kappa shape index (κ2) is 5.73. The molecule has 1 aromatic carbocycles. The second-order valence-corrected chi connectivity index (χ2v) is 4.52. The third-order valence-corrected chi connectivity index (χ3v) is 3.33. The molecule has 1 atom stereocenters. The van der Waals surface area contributed by atoms with Gasteiger partial charge in [0.05, 0.1) is 24.3 Å². The molecule has 0 bridgehead atoms. The molecule has 1 aliphatic heterocycles. The first-order chi connectivity index (χ1) is 9.58. The van der Waals surface area contributed by atoms with E-state index in [2.05, 4.69) is 10.1 Å². The summed E-state index contributed by atoms with van der Waals surface area (Å²) in [5.74, 6) is -1.34. The van der Waals surface area contributed by atoms with Crippen molar-refractivity contribution < 1.29 is 19.1 Å². The molecule has 1 unspecified atom stereocenters. The molecule has 1 saturated heterocycles. The Morgan fingerprint density at radius 2 is 2.05 bits per heavy atom.